The highest BCUT2D eigenvalue weighted by molar-refractivity contribution is 5.91. The molecule has 0 radical (unpaired) electrons. The van der Waals surface area contributed by atoms with Crippen molar-refractivity contribution in [3.05, 3.63) is 35.4 Å². The minimum atomic E-state index is -1.18. The van der Waals surface area contributed by atoms with Crippen molar-refractivity contribution < 1.29 is 28.6 Å². The number of benzene rings is 1. The number of alkyl carbamates (subject to hydrolysis) is 1. The molecule has 0 aliphatic carbocycles. The number of nitrogens with one attached hydrogen (secondary N) is 2. The number of hydrogen-bond acceptors (Lipinski definition) is 6. The second-order valence-corrected chi connectivity index (χ2v) is 7.82. The molecule has 28 heavy (non-hydrogen) atoms. The Hall–Kier alpha value is -2.61. The van der Waals surface area contributed by atoms with E-state index in [0.717, 1.165) is 5.56 Å². The van der Waals surface area contributed by atoms with Crippen molar-refractivity contribution in [3.63, 3.8) is 0 Å². The van der Waals surface area contributed by atoms with Gasteiger partial charge < -0.3 is 24.8 Å². The van der Waals surface area contributed by atoms with Crippen LogP contribution in [-0.4, -0.2) is 49.4 Å². The summed E-state index contributed by atoms with van der Waals surface area (Å²) in [6.07, 6.45) is -0.310. The lowest BCUT2D eigenvalue weighted by atomic mass is 9.96. The molecule has 0 aromatic heterocycles. The zero-order chi connectivity index (χ0) is 20.9. The molecule has 1 aromatic carbocycles. The average molecular weight is 392 g/mol. The predicted octanol–water partition coefficient (Wildman–Crippen LogP) is 2.33. The van der Waals surface area contributed by atoms with Crippen LogP contribution in [0.25, 0.3) is 0 Å². The minimum Gasteiger partial charge on any atom is -0.465 e. The van der Waals surface area contributed by atoms with Gasteiger partial charge in [0.05, 0.1) is 25.3 Å². The Balaban J connectivity index is 2.07. The van der Waals surface area contributed by atoms with E-state index in [-0.39, 0.29) is 18.6 Å². The van der Waals surface area contributed by atoms with Gasteiger partial charge in [-0.15, -0.1) is 0 Å². The average Bonchev–Trinajstić information content (AvgIpc) is 3.09. The van der Waals surface area contributed by atoms with Gasteiger partial charge in [-0.1, -0.05) is 12.1 Å². The molecule has 0 saturated carbocycles. The summed E-state index contributed by atoms with van der Waals surface area (Å²) in [4.78, 5) is 36.7. The molecule has 1 saturated heterocycles. The zero-order valence-corrected chi connectivity index (χ0v) is 17.0. The Kier molecular flexibility index (Phi) is 6.66. The van der Waals surface area contributed by atoms with E-state index in [0.29, 0.717) is 18.6 Å². The molecule has 1 fully saturated rings. The molecule has 1 aromatic rings. The second-order valence-electron chi connectivity index (χ2n) is 7.82. The van der Waals surface area contributed by atoms with E-state index in [1.165, 1.54) is 7.11 Å². The summed E-state index contributed by atoms with van der Waals surface area (Å²) in [6.45, 7) is 7.53. The second kappa shape index (κ2) is 8.60. The lowest BCUT2D eigenvalue weighted by Gasteiger charge is -2.30. The summed E-state index contributed by atoms with van der Waals surface area (Å²) in [5.74, 6) is -0.771. The summed E-state index contributed by atoms with van der Waals surface area (Å²) < 4.78 is 15.3. The molecular weight excluding hydrogens is 364 g/mol. The third-order valence-corrected chi connectivity index (χ3v) is 4.38. The van der Waals surface area contributed by atoms with E-state index in [1.807, 2.05) is 6.92 Å². The van der Waals surface area contributed by atoms with Gasteiger partial charge in [0.2, 0.25) is 5.91 Å². The summed E-state index contributed by atoms with van der Waals surface area (Å²) in [5.41, 5.74) is -0.609. The maximum absolute atomic E-state index is 12.9. The molecule has 2 rings (SSSR count). The van der Waals surface area contributed by atoms with Crippen LogP contribution < -0.4 is 10.6 Å². The van der Waals surface area contributed by atoms with Crippen molar-refractivity contribution in [2.45, 2.75) is 51.3 Å². The monoisotopic (exact) mass is 392 g/mol. The number of amides is 2. The zero-order valence-electron chi connectivity index (χ0n) is 17.0. The normalized spacial score (nSPS) is 20.2. The van der Waals surface area contributed by atoms with Crippen LogP contribution >= 0.6 is 0 Å². The summed E-state index contributed by atoms with van der Waals surface area (Å²) in [6, 6.07) is 6.43. The first-order valence-electron chi connectivity index (χ1n) is 9.14. The molecule has 154 valence electrons. The number of esters is 1. The lowest BCUT2D eigenvalue weighted by Crippen LogP contribution is -2.60. The number of hydrogen-bond donors (Lipinski definition) is 2. The standard InChI is InChI=1S/C20H28N2O6/c1-13(14-6-8-15(9-7-14)16(23)26-5)21-17(24)20(10-11-27-12-20)22-18(25)28-19(2,3)4/h6-9,13H,10-12H2,1-5H3,(H,21,24)(H,22,25)/t13-,20?/m0/s1. The van der Waals surface area contributed by atoms with E-state index >= 15 is 0 Å². The molecular formula is C20H28N2O6. The third kappa shape index (κ3) is 5.45. The summed E-state index contributed by atoms with van der Waals surface area (Å²) >= 11 is 0. The van der Waals surface area contributed by atoms with E-state index in [4.69, 9.17) is 9.47 Å². The van der Waals surface area contributed by atoms with Gasteiger partial charge in [0, 0.05) is 13.0 Å². The fourth-order valence-corrected chi connectivity index (χ4v) is 2.84. The number of rotatable bonds is 5. The Bertz CT molecular complexity index is 717. The molecule has 2 atom stereocenters. The molecule has 8 nitrogen and oxygen atoms in total. The Morgan fingerprint density at radius 3 is 2.32 bits per heavy atom. The fourth-order valence-electron chi connectivity index (χ4n) is 2.84. The topological polar surface area (TPSA) is 103 Å². The molecule has 1 aliphatic rings. The van der Waals surface area contributed by atoms with E-state index < -0.39 is 23.2 Å². The van der Waals surface area contributed by atoms with Crippen molar-refractivity contribution in [1.29, 1.82) is 0 Å². The molecule has 0 spiro atoms. The number of ether oxygens (including phenoxy) is 3. The molecule has 2 N–H and O–H groups in total. The minimum absolute atomic E-state index is 0.0755. The molecule has 1 aliphatic heterocycles. The smallest absolute Gasteiger partial charge is 0.408 e. The van der Waals surface area contributed by atoms with Gasteiger partial charge >= 0.3 is 12.1 Å². The van der Waals surface area contributed by atoms with Crippen LogP contribution in [0.15, 0.2) is 24.3 Å². The Morgan fingerprint density at radius 2 is 1.82 bits per heavy atom. The quantitative estimate of drug-likeness (QED) is 0.746. The van der Waals surface area contributed by atoms with Gasteiger partial charge in [0.15, 0.2) is 0 Å². The number of carbonyl (C=O) groups is 3. The maximum Gasteiger partial charge on any atom is 0.408 e. The highest BCUT2D eigenvalue weighted by atomic mass is 16.6. The van der Waals surface area contributed by atoms with Gasteiger partial charge in [-0.25, -0.2) is 9.59 Å². The van der Waals surface area contributed by atoms with Crippen LogP contribution in [-0.2, 0) is 19.0 Å². The first-order chi connectivity index (χ1) is 13.1. The van der Waals surface area contributed by atoms with Gasteiger partial charge in [-0.05, 0) is 45.4 Å². The molecule has 1 heterocycles. The number of carbonyl (C=O) groups excluding carboxylic acids is 3. The number of methoxy groups -OCH3 is 1. The Morgan fingerprint density at radius 1 is 1.18 bits per heavy atom. The lowest BCUT2D eigenvalue weighted by molar-refractivity contribution is -0.128. The summed E-state index contributed by atoms with van der Waals surface area (Å²) in [7, 11) is 1.32. The van der Waals surface area contributed by atoms with Gasteiger partial charge in [-0.3, -0.25) is 4.79 Å². The highest BCUT2D eigenvalue weighted by Gasteiger charge is 2.45. The highest BCUT2D eigenvalue weighted by Crippen LogP contribution is 2.22. The summed E-state index contributed by atoms with van der Waals surface area (Å²) in [5, 5.41) is 5.58. The molecule has 2 amide bonds. The third-order valence-electron chi connectivity index (χ3n) is 4.38. The largest absolute Gasteiger partial charge is 0.465 e. The van der Waals surface area contributed by atoms with Crippen LogP contribution in [0.2, 0.25) is 0 Å². The molecule has 8 heteroatoms. The molecule has 0 bridgehead atoms. The van der Waals surface area contributed by atoms with Crippen LogP contribution in [0.1, 0.15) is 56.1 Å². The van der Waals surface area contributed by atoms with Crippen LogP contribution in [0, 0.1) is 0 Å². The van der Waals surface area contributed by atoms with Crippen LogP contribution in [0.4, 0.5) is 4.79 Å². The van der Waals surface area contributed by atoms with Crippen molar-refractivity contribution >= 4 is 18.0 Å². The first kappa shape index (κ1) is 21.7. The predicted molar refractivity (Wildman–Crippen MR) is 102 cm³/mol. The van der Waals surface area contributed by atoms with E-state index in [1.54, 1.807) is 45.0 Å². The van der Waals surface area contributed by atoms with Crippen LogP contribution in [0.5, 0.6) is 0 Å². The fraction of sp³-hybridized carbons (Fsp3) is 0.550. The Labute approximate surface area is 164 Å². The van der Waals surface area contributed by atoms with Crippen molar-refractivity contribution in [2.24, 2.45) is 0 Å². The van der Waals surface area contributed by atoms with Crippen molar-refractivity contribution in [3.8, 4) is 0 Å². The SMILES string of the molecule is COC(=O)c1ccc([C@H](C)NC(=O)C2(NC(=O)OC(C)(C)C)CCOC2)cc1. The van der Waals surface area contributed by atoms with Crippen molar-refractivity contribution in [2.75, 3.05) is 20.3 Å². The van der Waals surface area contributed by atoms with E-state index in [9.17, 15) is 14.4 Å². The van der Waals surface area contributed by atoms with Crippen molar-refractivity contribution in [1.82, 2.24) is 10.6 Å². The maximum atomic E-state index is 12.9. The first-order valence-corrected chi connectivity index (χ1v) is 9.14. The van der Waals surface area contributed by atoms with Gasteiger partial charge in [0.1, 0.15) is 11.1 Å². The molecule has 1 unspecified atom stereocenters. The van der Waals surface area contributed by atoms with Crippen LogP contribution in [0.3, 0.4) is 0 Å². The van der Waals surface area contributed by atoms with Gasteiger partial charge in [0.25, 0.3) is 0 Å². The van der Waals surface area contributed by atoms with E-state index in [2.05, 4.69) is 15.4 Å². The van der Waals surface area contributed by atoms with Gasteiger partial charge in [-0.2, -0.15) is 0 Å².